The van der Waals surface area contributed by atoms with Gasteiger partial charge in [0, 0.05) is 10.4 Å². The van der Waals surface area contributed by atoms with E-state index >= 15 is 0 Å². The smallest absolute Gasteiger partial charge is 0.165 e. The second-order valence-electron chi connectivity index (χ2n) is 8.61. The minimum absolute atomic E-state index is 0.284. The molecule has 0 amide bonds. The molecule has 1 aliphatic heterocycles. The van der Waals surface area contributed by atoms with E-state index < -0.39 is 0 Å². The number of nitrogens with zero attached hydrogens (tertiary/aromatic N) is 3. The molecule has 1 saturated heterocycles. The van der Waals surface area contributed by atoms with Gasteiger partial charge in [0.05, 0.1) is 38.7 Å². The van der Waals surface area contributed by atoms with Crippen LogP contribution in [-0.2, 0) is 19.4 Å². The van der Waals surface area contributed by atoms with Crippen LogP contribution in [0.3, 0.4) is 0 Å². The Labute approximate surface area is 180 Å². The summed E-state index contributed by atoms with van der Waals surface area (Å²) in [5, 5.41) is 1.30. The molecule has 158 valence electrons. The van der Waals surface area contributed by atoms with Crippen molar-refractivity contribution in [2.75, 3.05) is 38.2 Å². The zero-order valence-corrected chi connectivity index (χ0v) is 18.4. The predicted octanol–water partition coefficient (Wildman–Crippen LogP) is 2.87. The Hall–Kier alpha value is -2.25. The Morgan fingerprint density at radius 3 is 2.87 bits per heavy atom. The summed E-state index contributed by atoms with van der Waals surface area (Å²) in [5.41, 5.74) is 2.51. The van der Waals surface area contributed by atoms with Crippen LogP contribution in [0.5, 0.6) is 5.75 Å². The molecule has 3 aromatic rings. The number of quaternary nitrogens is 1. The molecule has 1 aliphatic carbocycles. The van der Waals surface area contributed by atoms with E-state index in [0.29, 0.717) is 5.75 Å². The number of hydrogen-bond donors (Lipinski definition) is 1. The number of hydrogen-bond acceptors (Lipinski definition) is 5. The molecule has 5 rings (SSSR count). The van der Waals surface area contributed by atoms with Gasteiger partial charge >= 0.3 is 0 Å². The monoisotopic (exact) mass is 427 g/mol. The minimum Gasteiger partial charge on any atom is -0.494 e. The number of fused-ring (bicyclic) bond motifs is 3. The number of halogens is 1. The summed E-state index contributed by atoms with van der Waals surface area (Å²) < 4.78 is 19.0. The number of ether oxygens (including phenoxy) is 1. The van der Waals surface area contributed by atoms with Gasteiger partial charge in [0.1, 0.15) is 23.5 Å². The predicted molar refractivity (Wildman–Crippen MR) is 118 cm³/mol. The average molecular weight is 428 g/mol. The van der Waals surface area contributed by atoms with Crippen molar-refractivity contribution >= 4 is 27.4 Å². The Morgan fingerprint density at radius 2 is 2.10 bits per heavy atom. The molecule has 0 spiro atoms. The quantitative estimate of drug-likeness (QED) is 0.695. The largest absolute Gasteiger partial charge is 0.494 e. The molecule has 1 fully saturated rings. The van der Waals surface area contributed by atoms with Crippen LogP contribution in [0.2, 0.25) is 0 Å². The number of anilines is 1. The fourth-order valence-electron chi connectivity index (χ4n) is 4.83. The van der Waals surface area contributed by atoms with E-state index in [0.717, 1.165) is 61.3 Å². The highest BCUT2D eigenvalue weighted by molar-refractivity contribution is 7.19. The molecule has 1 aromatic carbocycles. The van der Waals surface area contributed by atoms with Gasteiger partial charge in [-0.2, -0.15) is 0 Å². The van der Waals surface area contributed by atoms with Crippen LogP contribution in [0, 0.1) is 11.7 Å². The van der Waals surface area contributed by atoms with Gasteiger partial charge in [-0.25, -0.2) is 14.4 Å². The van der Waals surface area contributed by atoms with E-state index in [4.69, 9.17) is 9.72 Å². The maximum Gasteiger partial charge on any atom is 0.165 e. The molecule has 2 aromatic heterocycles. The molecule has 0 radical (unpaired) electrons. The summed E-state index contributed by atoms with van der Waals surface area (Å²) in [6, 6.07) is 5.29. The fourth-order valence-corrected chi connectivity index (χ4v) is 6.00. The Kier molecular flexibility index (Phi) is 5.33. The van der Waals surface area contributed by atoms with Gasteiger partial charge in [0.25, 0.3) is 0 Å². The molecule has 5 nitrogen and oxygen atoms in total. The van der Waals surface area contributed by atoms with Crippen molar-refractivity contribution in [3.05, 3.63) is 46.3 Å². The van der Waals surface area contributed by atoms with Crippen molar-refractivity contribution in [3.8, 4) is 5.75 Å². The van der Waals surface area contributed by atoms with Crippen LogP contribution in [0.25, 0.3) is 10.2 Å². The van der Waals surface area contributed by atoms with Crippen LogP contribution >= 0.6 is 11.3 Å². The first-order valence-corrected chi connectivity index (χ1v) is 11.6. The minimum atomic E-state index is -0.284. The van der Waals surface area contributed by atoms with E-state index in [1.54, 1.807) is 18.5 Å². The molecular weight excluding hydrogens is 399 g/mol. The van der Waals surface area contributed by atoms with E-state index in [-0.39, 0.29) is 5.82 Å². The lowest BCUT2D eigenvalue weighted by Crippen LogP contribution is -3.13. The second kappa shape index (κ2) is 8.12. The highest BCUT2D eigenvalue weighted by Gasteiger charge is 2.27. The number of aryl methyl sites for hydroxylation is 1. The topological polar surface area (TPSA) is 42.7 Å². The molecule has 0 saturated carbocycles. The molecule has 3 heterocycles. The zero-order chi connectivity index (χ0) is 20.7. The van der Waals surface area contributed by atoms with Gasteiger partial charge in [0.2, 0.25) is 0 Å². The standard InChI is InChI=1S/C23H27FN4OS/c1-15-3-6-20-17(11-15)21-22(25-14-26-23(21)30-20)28-9-7-27(8-10-28)13-16-4-5-19(29-2)18(24)12-16/h4-5,12,14-15H,3,6-11,13H2,1-2H3/p+1/t15-/m0/s1. The molecular formula is C23H28FN4OS+. The first kappa shape index (κ1) is 19.7. The van der Waals surface area contributed by atoms with E-state index in [9.17, 15) is 4.39 Å². The number of benzene rings is 1. The highest BCUT2D eigenvalue weighted by atomic mass is 32.1. The van der Waals surface area contributed by atoms with Gasteiger partial charge in [-0.1, -0.05) is 6.92 Å². The Balaban J connectivity index is 1.32. The lowest BCUT2D eigenvalue weighted by atomic mass is 9.88. The number of nitrogens with one attached hydrogen (secondary N) is 1. The summed E-state index contributed by atoms with van der Waals surface area (Å²) in [6.45, 7) is 7.13. The normalized spacial score (nSPS) is 19.8. The summed E-state index contributed by atoms with van der Waals surface area (Å²) in [6.07, 6.45) is 5.32. The van der Waals surface area contributed by atoms with Crippen LogP contribution in [-0.4, -0.2) is 43.3 Å². The third-order valence-electron chi connectivity index (χ3n) is 6.51. The number of aromatic nitrogens is 2. The Morgan fingerprint density at radius 1 is 1.27 bits per heavy atom. The second-order valence-corrected chi connectivity index (χ2v) is 9.70. The van der Waals surface area contributed by atoms with Gasteiger partial charge in [-0.3, -0.25) is 0 Å². The third kappa shape index (κ3) is 3.65. The van der Waals surface area contributed by atoms with Gasteiger partial charge in [0.15, 0.2) is 11.6 Å². The van der Waals surface area contributed by atoms with Crippen molar-refractivity contribution < 1.29 is 14.0 Å². The van der Waals surface area contributed by atoms with Crippen LogP contribution < -0.4 is 14.5 Å². The summed E-state index contributed by atoms with van der Waals surface area (Å²) in [7, 11) is 1.50. The first-order valence-electron chi connectivity index (χ1n) is 10.8. The number of piperazine rings is 1. The van der Waals surface area contributed by atoms with E-state index in [2.05, 4.69) is 16.8 Å². The van der Waals surface area contributed by atoms with Crippen molar-refractivity contribution in [2.24, 2.45) is 5.92 Å². The average Bonchev–Trinajstić information content (AvgIpc) is 3.12. The van der Waals surface area contributed by atoms with Gasteiger partial charge < -0.3 is 14.5 Å². The van der Waals surface area contributed by atoms with Crippen molar-refractivity contribution in [1.29, 1.82) is 0 Å². The van der Waals surface area contributed by atoms with Gasteiger partial charge in [-0.15, -0.1) is 11.3 Å². The maximum absolute atomic E-state index is 14.0. The van der Waals surface area contributed by atoms with E-state index in [1.165, 1.54) is 40.7 Å². The summed E-state index contributed by atoms with van der Waals surface area (Å²) in [4.78, 5) is 15.9. The van der Waals surface area contributed by atoms with Crippen LogP contribution in [0.15, 0.2) is 24.5 Å². The lowest BCUT2D eigenvalue weighted by Gasteiger charge is -2.33. The van der Waals surface area contributed by atoms with Crippen molar-refractivity contribution in [1.82, 2.24) is 9.97 Å². The molecule has 1 N–H and O–H groups in total. The molecule has 7 heteroatoms. The summed E-state index contributed by atoms with van der Waals surface area (Å²) >= 11 is 1.86. The van der Waals surface area contributed by atoms with Crippen molar-refractivity contribution in [2.45, 2.75) is 32.7 Å². The first-order chi connectivity index (χ1) is 14.6. The van der Waals surface area contributed by atoms with Crippen LogP contribution in [0.4, 0.5) is 10.2 Å². The maximum atomic E-state index is 14.0. The lowest BCUT2D eigenvalue weighted by molar-refractivity contribution is -0.914. The molecule has 30 heavy (non-hydrogen) atoms. The molecule has 0 unspecified atom stereocenters. The van der Waals surface area contributed by atoms with Crippen LogP contribution in [0.1, 0.15) is 29.3 Å². The SMILES string of the molecule is COc1ccc(C[NH+]2CCN(c3ncnc4sc5c(c34)C[C@@H](C)CC5)CC2)cc1F. The molecule has 1 atom stereocenters. The number of thiophene rings is 1. The van der Waals surface area contributed by atoms with Gasteiger partial charge in [-0.05, 0) is 48.9 Å². The Bertz CT molecular complexity index is 1060. The zero-order valence-electron chi connectivity index (χ0n) is 17.6. The third-order valence-corrected chi connectivity index (χ3v) is 7.71. The van der Waals surface area contributed by atoms with E-state index in [1.807, 2.05) is 17.4 Å². The number of methoxy groups -OCH3 is 1. The summed E-state index contributed by atoms with van der Waals surface area (Å²) in [5.74, 6) is 1.86. The highest BCUT2D eigenvalue weighted by Crippen LogP contribution is 2.40. The fraction of sp³-hybridized carbons (Fsp3) is 0.478. The molecule has 2 aliphatic rings. The molecule has 0 bridgehead atoms. The number of rotatable bonds is 4. The van der Waals surface area contributed by atoms with Crippen molar-refractivity contribution in [3.63, 3.8) is 0 Å².